The summed E-state index contributed by atoms with van der Waals surface area (Å²) in [6.07, 6.45) is 2.68. The monoisotopic (exact) mass is 457 g/mol. The molecule has 2 aliphatic rings. The first-order valence-electron chi connectivity index (χ1n) is 12.3. The fourth-order valence-corrected chi connectivity index (χ4v) is 5.56. The molecule has 2 aromatic carbocycles. The Morgan fingerprint density at radius 2 is 1.76 bits per heavy atom. The maximum atomic E-state index is 13.4. The van der Waals surface area contributed by atoms with Gasteiger partial charge in [0.25, 0.3) is 5.91 Å². The van der Waals surface area contributed by atoms with Gasteiger partial charge in [-0.3, -0.25) is 4.79 Å². The molecule has 0 unspecified atom stereocenters. The molecule has 6 nitrogen and oxygen atoms in total. The van der Waals surface area contributed by atoms with Crippen molar-refractivity contribution in [2.24, 2.45) is 5.92 Å². The normalized spacial score (nSPS) is 21.0. The molecule has 0 radical (unpaired) electrons. The van der Waals surface area contributed by atoms with Crippen LogP contribution in [0.1, 0.15) is 48.5 Å². The average molecular weight is 458 g/mol. The van der Waals surface area contributed by atoms with E-state index in [0.717, 1.165) is 46.0 Å². The summed E-state index contributed by atoms with van der Waals surface area (Å²) in [7, 11) is 0. The Balaban J connectivity index is 1.47. The lowest BCUT2D eigenvalue weighted by atomic mass is 10.0. The van der Waals surface area contributed by atoms with E-state index in [1.807, 2.05) is 38.7 Å². The number of carbonyl (C=O) groups excluding carboxylic acids is 1. The van der Waals surface area contributed by atoms with E-state index in [1.165, 1.54) is 29.3 Å². The third kappa shape index (κ3) is 3.61. The molecule has 1 saturated heterocycles. The lowest BCUT2D eigenvalue weighted by Crippen LogP contribution is -2.48. The van der Waals surface area contributed by atoms with Gasteiger partial charge < -0.3 is 18.7 Å². The fourth-order valence-electron chi connectivity index (χ4n) is 5.56. The lowest BCUT2D eigenvalue weighted by Gasteiger charge is -2.35. The summed E-state index contributed by atoms with van der Waals surface area (Å²) in [6.45, 7) is 10.3. The zero-order valence-electron chi connectivity index (χ0n) is 20.3. The Kier molecular flexibility index (Phi) is 5.03. The Morgan fingerprint density at radius 1 is 1.00 bits per heavy atom. The molecule has 4 aromatic rings. The first-order chi connectivity index (χ1) is 16.4. The maximum absolute atomic E-state index is 13.4. The van der Waals surface area contributed by atoms with Crippen LogP contribution < -0.4 is 0 Å². The van der Waals surface area contributed by atoms with E-state index in [1.54, 1.807) is 0 Å². The van der Waals surface area contributed by atoms with E-state index in [-0.39, 0.29) is 18.1 Å². The van der Waals surface area contributed by atoms with Crippen LogP contribution in [0.2, 0.25) is 0 Å². The molecule has 0 bridgehead atoms. The summed E-state index contributed by atoms with van der Waals surface area (Å²) < 4.78 is 13.7. The predicted octanol–water partition coefficient (Wildman–Crippen LogP) is 5.73. The molecule has 6 heteroatoms. The Hall–Kier alpha value is -3.12. The van der Waals surface area contributed by atoms with Gasteiger partial charge in [0, 0.05) is 52.6 Å². The van der Waals surface area contributed by atoms with E-state index in [0.29, 0.717) is 13.1 Å². The molecule has 0 N–H and O–H groups in total. The van der Waals surface area contributed by atoms with Crippen molar-refractivity contribution in [1.82, 2.24) is 14.6 Å². The van der Waals surface area contributed by atoms with Crippen molar-refractivity contribution in [2.45, 2.75) is 59.3 Å². The molecule has 3 heterocycles. The van der Waals surface area contributed by atoms with Gasteiger partial charge in [-0.1, -0.05) is 17.3 Å². The molecule has 1 aliphatic carbocycles. The smallest absolute Gasteiger partial charge is 0.254 e. The number of aromatic nitrogens is 2. The van der Waals surface area contributed by atoms with Gasteiger partial charge >= 0.3 is 0 Å². The van der Waals surface area contributed by atoms with Crippen molar-refractivity contribution in [2.75, 3.05) is 13.1 Å². The molecule has 1 saturated carbocycles. The van der Waals surface area contributed by atoms with Gasteiger partial charge in [-0.05, 0) is 76.3 Å². The lowest BCUT2D eigenvalue weighted by molar-refractivity contribution is -0.0586. The number of carbonyl (C=O) groups is 1. The number of hydrogen-bond acceptors (Lipinski definition) is 4. The minimum absolute atomic E-state index is 0.0552. The molecule has 2 atom stereocenters. The molecule has 2 aromatic heterocycles. The molecule has 2 fully saturated rings. The van der Waals surface area contributed by atoms with Crippen molar-refractivity contribution >= 4 is 27.7 Å². The quantitative estimate of drug-likeness (QED) is 0.393. The van der Waals surface area contributed by atoms with Crippen LogP contribution >= 0.6 is 0 Å². The van der Waals surface area contributed by atoms with Crippen LogP contribution in [0.4, 0.5) is 0 Å². The van der Waals surface area contributed by atoms with Crippen LogP contribution in [0.5, 0.6) is 0 Å². The van der Waals surface area contributed by atoms with E-state index >= 15 is 0 Å². The fraction of sp³-hybridized carbons (Fsp3) is 0.429. The molecule has 176 valence electrons. The van der Waals surface area contributed by atoms with Crippen molar-refractivity contribution in [1.29, 1.82) is 0 Å². The summed E-state index contributed by atoms with van der Waals surface area (Å²) in [6, 6.07) is 12.8. The molecule has 1 aliphatic heterocycles. The largest absolute Gasteiger partial charge is 0.372 e. The minimum Gasteiger partial charge on any atom is -0.372 e. The summed E-state index contributed by atoms with van der Waals surface area (Å²) in [4.78, 5) is 15.3. The number of fused-ring (bicyclic) bond motifs is 3. The third-order valence-electron chi connectivity index (χ3n) is 7.28. The maximum Gasteiger partial charge on any atom is 0.254 e. The second-order valence-electron chi connectivity index (χ2n) is 10.2. The highest BCUT2D eigenvalue weighted by molar-refractivity contribution is 6.11. The number of benzene rings is 2. The van der Waals surface area contributed by atoms with Crippen LogP contribution in [-0.2, 0) is 11.3 Å². The highest BCUT2D eigenvalue weighted by Gasteiger charge is 2.28. The highest BCUT2D eigenvalue weighted by Crippen LogP contribution is 2.38. The van der Waals surface area contributed by atoms with Gasteiger partial charge in [0.15, 0.2) is 0 Å². The Labute approximate surface area is 199 Å². The van der Waals surface area contributed by atoms with Crippen LogP contribution in [0, 0.1) is 19.8 Å². The Morgan fingerprint density at radius 3 is 2.44 bits per heavy atom. The zero-order valence-corrected chi connectivity index (χ0v) is 20.3. The molecule has 34 heavy (non-hydrogen) atoms. The molecule has 1 amide bonds. The number of rotatable bonds is 4. The topological polar surface area (TPSA) is 60.5 Å². The van der Waals surface area contributed by atoms with Gasteiger partial charge in [-0.2, -0.15) is 0 Å². The Bertz CT molecular complexity index is 1380. The standard InChI is InChI=1S/C28H31N3O3/c1-16-13-30(14-17(2)33-16)28(32)22-8-10-25-24(11-22)23-9-7-21(27-18(3)29-34-19(27)4)12-26(23)31(25)15-20-5-6-20/h7-12,16-17,20H,5-6,13-15H2,1-4H3/t16-,17+. The SMILES string of the molecule is Cc1noc(C)c1-c1ccc2c3cc(C(=O)N4C[C@@H](C)O[C@@H](C)C4)ccc3n(CC3CC3)c2c1. The van der Waals surface area contributed by atoms with E-state index < -0.39 is 0 Å². The summed E-state index contributed by atoms with van der Waals surface area (Å²) >= 11 is 0. The highest BCUT2D eigenvalue weighted by atomic mass is 16.5. The number of hydrogen-bond donors (Lipinski definition) is 0. The number of amides is 1. The number of aryl methyl sites for hydroxylation is 2. The first-order valence-corrected chi connectivity index (χ1v) is 12.3. The summed E-state index contributed by atoms with van der Waals surface area (Å²) in [5, 5.41) is 6.47. The van der Waals surface area contributed by atoms with E-state index in [2.05, 4.69) is 40.1 Å². The van der Waals surface area contributed by atoms with Gasteiger partial charge in [0.05, 0.1) is 17.9 Å². The van der Waals surface area contributed by atoms with E-state index in [9.17, 15) is 4.79 Å². The van der Waals surface area contributed by atoms with Gasteiger partial charge in [0.2, 0.25) is 0 Å². The van der Waals surface area contributed by atoms with Crippen LogP contribution in [0.15, 0.2) is 40.9 Å². The van der Waals surface area contributed by atoms with Gasteiger partial charge in [0.1, 0.15) is 5.76 Å². The summed E-state index contributed by atoms with van der Waals surface area (Å²) in [5.41, 5.74) is 6.24. The minimum atomic E-state index is 0.0552. The van der Waals surface area contributed by atoms with Crippen molar-refractivity contribution in [3.8, 4) is 11.1 Å². The summed E-state index contributed by atoms with van der Waals surface area (Å²) in [5.74, 6) is 1.65. The van der Waals surface area contributed by atoms with Crippen LogP contribution in [0.3, 0.4) is 0 Å². The predicted molar refractivity (Wildman–Crippen MR) is 133 cm³/mol. The number of ether oxygens (including phenoxy) is 1. The number of morpholine rings is 1. The zero-order chi connectivity index (χ0) is 23.6. The van der Waals surface area contributed by atoms with Gasteiger partial charge in [-0.15, -0.1) is 0 Å². The molecular formula is C28H31N3O3. The molecule has 0 spiro atoms. The third-order valence-corrected chi connectivity index (χ3v) is 7.28. The van der Waals surface area contributed by atoms with E-state index in [4.69, 9.17) is 9.26 Å². The van der Waals surface area contributed by atoms with Crippen molar-refractivity contribution < 1.29 is 14.1 Å². The molecule has 6 rings (SSSR count). The average Bonchev–Trinajstić information content (AvgIpc) is 3.51. The second kappa shape index (κ2) is 7.98. The van der Waals surface area contributed by atoms with Gasteiger partial charge in [-0.25, -0.2) is 0 Å². The van der Waals surface area contributed by atoms with Crippen molar-refractivity contribution in [3.05, 3.63) is 53.4 Å². The first kappa shape index (κ1) is 21.4. The second-order valence-corrected chi connectivity index (χ2v) is 10.2. The van der Waals surface area contributed by atoms with Crippen LogP contribution in [0.25, 0.3) is 32.9 Å². The number of nitrogens with zero attached hydrogens (tertiary/aromatic N) is 3. The molecular weight excluding hydrogens is 426 g/mol. The van der Waals surface area contributed by atoms with Crippen molar-refractivity contribution in [3.63, 3.8) is 0 Å². The van der Waals surface area contributed by atoms with Crippen LogP contribution in [-0.4, -0.2) is 45.8 Å².